The van der Waals surface area contributed by atoms with E-state index in [4.69, 9.17) is 14.3 Å². The minimum atomic E-state index is -4.34. The van der Waals surface area contributed by atoms with Gasteiger partial charge in [0, 0.05) is 0 Å². The molecule has 0 bridgehead atoms. The van der Waals surface area contributed by atoms with Gasteiger partial charge in [-0.1, -0.05) is 97.3 Å². The molecule has 0 spiro atoms. The van der Waals surface area contributed by atoms with Crippen molar-refractivity contribution in [1.82, 2.24) is 0 Å². The number of phosphoric acid groups is 1. The summed E-state index contributed by atoms with van der Waals surface area (Å²) >= 11 is 0. The molecule has 142 valence electrons. The van der Waals surface area contributed by atoms with Crippen molar-refractivity contribution < 1.29 is 49.9 Å². The summed E-state index contributed by atoms with van der Waals surface area (Å²) in [5.74, 6) is 0. The van der Waals surface area contributed by atoms with Crippen molar-refractivity contribution in [2.75, 3.05) is 0 Å². The van der Waals surface area contributed by atoms with Crippen molar-refractivity contribution in [3.63, 3.8) is 0 Å². The molecule has 0 fully saturated rings. The molecule has 4 nitrogen and oxygen atoms in total. The van der Waals surface area contributed by atoms with Gasteiger partial charge in [0.25, 0.3) is 0 Å². The SMILES string of the molecule is CCCCCCCCCCCCCCC(CCC)OP(=O)(O)O.[H-].[Na+]. The van der Waals surface area contributed by atoms with E-state index in [2.05, 4.69) is 6.92 Å². The first-order valence-corrected chi connectivity index (χ1v) is 11.3. The van der Waals surface area contributed by atoms with Gasteiger partial charge >= 0.3 is 37.4 Å². The Morgan fingerprint density at radius 3 is 1.54 bits per heavy atom. The first-order chi connectivity index (χ1) is 11.0. The molecule has 1 atom stereocenters. The smallest absolute Gasteiger partial charge is 1.00 e. The molecule has 0 rings (SSSR count). The largest absolute Gasteiger partial charge is 1.00 e. The monoisotopic (exact) mass is 374 g/mol. The molecule has 1 unspecified atom stereocenters. The maximum atomic E-state index is 10.9. The summed E-state index contributed by atoms with van der Waals surface area (Å²) < 4.78 is 15.8. The summed E-state index contributed by atoms with van der Waals surface area (Å²) in [5, 5.41) is 0. The average Bonchev–Trinajstić information content (AvgIpc) is 2.47. The van der Waals surface area contributed by atoms with Crippen molar-refractivity contribution in [1.29, 1.82) is 0 Å². The van der Waals surface area contributed by atoms with Crippen LogP contribution in [0, 0.1) is 0 Å². The van der Waals surface area contributed by atoms with Crippen LogP contribution in [0.1, 0.15) is 112 Å². The van der Waals surface area contributed by atoms with Crippen molar-refractivity contribution in [2.24, 2.45) is 0 Å². The van der Waals surface area contributed by atoms with Gasteiger partial charge < -0.3 is 11.2 Å². The third-order valence-electron chi connectivity index (χ3n) is 4.28. The van der Waals surface area contributed by atoms with Gasteiger partial charge in [-0.2, -0.15) is 0 Å². The molecule has 0 saturated heterocycles. The molecule has 0 aliphatic rings. The fraction of sp³-hybridized carbons (Fsp3) is 1.00. The molecule has 0 aromatic heterocycles. The summed E-state index contributed by atoms with van der Waals surface area (Å²) in [7, 11) is -4.34. The second-order valence-corrected chi connectivity index (χ2v) is 7.88. The molecule has 2 N–H and O–H groups in total. The molecule has 0 aromatic rings. The minimum Gasteiger partial charge on any atom is -1.00 e. The molecule has 0 aliphatic carbocycles. The predicted molar refractivity (Wildman–Crippen MR) is 98.6 cm³/mol. The van der Waals surface area contributed by atoms with Crippen LogP contribution in [0.15, 0.2) is 0 Å². The predicted octanol–water partition coefficient (Wildman–Crippen LogP) is 3.47. The molecule has 0 radical (unpaired) electrons. The fourth-order valence-corrected chi connectivity index (χ4v) is 3.58. The van der Waals surface area contributed by atoms with Crippen LogP contribution < -0.4 is 29.6 Å². The maximum absolute atomic E-state index is 10.9. The quantitative estimate of drug-likeness (QED) is 0.232. The van der Waals surface area contributed by atoms with Crippen molar-refractivity contribution >= 4 is 7.82 Å². The van der Waals surface area contributed by atoms with E-state index in [1.807, 2.05) is 6.92 Å². The third-order valence-corrected chi connectivity index (χ3v) is 4.85. The summed E-state index contributed by atoms with van der Waals surface area (Å²) in [5.41, 5.74) is 0. The molecule has 0 amide bonds. The molecule has 0 saturated carbocycles. The van der Waals surface area contributed by atoms with Crippen LogP contribution in [0.25, 0.3) is 0 Å². The van der Waals surface area contributed by atoms with Gasteiger partial charge in [0.05, 0.1) is 6.10 Å². The molecular weight excluding hydrogens is 334 g/mol. The zero-order chi connectivity index (χ0) is 17.4. The standard InChI is InChI=1S/C18H39O4P.Na.H/c1-3-5-6-7-8-9-10-11-12-13-14-15-17-18(16-4-2)22-23(19,20)21;;/h18H,3-17H2,1-2H3,(H2,19,20,21);;/q;+1;-1. The Morgan fingerprint density at radius 1 is 0.750 bits per heavy atom. The Hall–Kier alpha value is 1.11. The summed E-state index contributed by atoms with van der Waals surface area (Å²) in [6.45, 7) is 4.26. The van der Waals surface area contributed by atoms with E-state index >= 15 is 0 Å². The fourth-order valence-electron chi connectivity index (χ4n) is 2.98. The molecule has 0 aliphatic heterocycles. The molecule has 24 heavy (non-hydrogen) atoms. The Labute approximate surface area is 173 Å². The van der Waals surface area contributed by atoms with Gasteiger partial charge in [-0.15, -0.1) is 0 Å². The summed E-state index contributed by atoms with van der Waals surface area (Å²) in [6, 6.07) is 0. The van der Waals surface area contributed by atoms with E-state index in [0.717, 1.165) is 32.1 Å². The van der Waals surface area contributed by atoms with Crippen LogP contribution in [-0.2, 0) is 9.09 Å². The van der Waals surface area contributed by atoms with Crippen molar-refractivity contribution in [3.05, 3.63) is 0 Å². The third kappa shape index (κ3) is 21.2. The zero-order valence-corrected chi connectivity index (χ0v) is 19.2. The first-order valence-electron chi connectivity index (χ1n) is 9.73. The number of unbranched alkanes of at least 4 members (excludes halogenated alkanes) is 11. The molecule has 0 heterocycles. The normalized spacial score (nSPS) is 12.8. The van der Waals surface area contributed by atoms with Crippen LogP contribution in [0.3, 0.4) is 0 Å². The molecule has 0 aromatic carbocycles. The van der Waals surface area contributed by atoms with Crippen LogP contribution >= 0.6 is 7.82 Å². The topological polar surface area (TPSA) is 66.8 Å². The number of hydrogen-bond acceptors (Lipinski definition) is 2. The summed E-state index contributed by atoms with van der Waals surface area (Å²) in [4.78, 5) is 17.8. The van der Waals surface area contributed by atoms with E-state index in [1.165, 1.54) is 64.2 Å². The van der Waals surface area contributed by atoms with Gasteiger partial charge in [-0.3, -0.25) is 4.52 Å². The maximum Gasteiger partial charge on any atom is 1.00 e. The van der Waals surface area contributed by atoms with Crippen molar-refractivity contribution in [2.45, 2.75) is 116 Å². The number of phosphoric ester groups is 1. The van der Waals surface area contributed by atoms with Crippen LogP contribution in [-0.4, -0.2) is 15.9 Å². The van der Waals surface area contributed by atoms with Crippen LogP contribution in [0.4, 0.5) is 0 Å². The Morgan fingerprint density at radius 2 is 1.17 bits per heavy atom. The average molecular weight is 374 g/mol. The van der Waals surface area contributed by atoms with Gasteiger partial charge in [0.15, 0.2) is 0 Å². The second kappa shape index (κ2) is 18.9. The second-order valence-electron chi connectivity index (χ2n) is 6.68. The summed E-state index contributed by atoms with van der Waals surface area (Å²) in [6.07, 6.45) is 17.7. The van der Waals surface area contributed by atoms with E-state index in [-0.39, 0.29) is 37.1 Å². The van der Waals surface area contributed by atoms with Gasteiger partial charge in [-0.25, -0.2) is 4.57 Å². The zero-order valence-electron chi connectivity index (χ0n) is 17.3. The van der Waals surface area contributed by atoms with Gasteiger partial charge in [0.2, 0.25) is 0 Å². The Kier molecular flexibility index (Phi) is 21.5. The Balaban J connectivity index is -0.00000242. The van der Waals surface area contributed by atoms with Crippen LogP contribution in [0.5, 0.6) is 0 Å². The van der Waals surface area contributed by atoms with E-state index < -0.39 is 7.82 Å². The van der Waals surface area contributed by atoms with E-state index in [9.17, 15) is 4.57 Å². The molecule has 6 heteroatoms. The van der Waals surface area contributed by atoms with E-state index in [1.54, 1.807) is 0 Å². The Bertz CT molecular complexity index is 303. The number of hydrogen-bond donors (Lipinski definition) is 2. The van der Waals surface area contributed by atoms with Gasteiger partial charge in [0.1, 0.15) is 0 Å². The van der Waals surface area contributed by atoms with Crippen LogP contribution in [0.2, 0.25) is 0 Å². The minimum absolute atomic E-state index is 0. The van der Waals surface area contributed by atoms with Crippen molar-refractivity contribution in [3.8, 4) is 0 Å². The first kappa shape index (κ1) is 27.3. The number of rotatable bonds is 17. The van der Waals surface area contributed by atoms with E-state index in [0.29, 0.717) is 0 Å². The molecular formula is C18H40NaO4P. The van der Waals surface area contributed by atoms with Gasteiger partial charge in [-0.05, 0) is 12.8 Å².